The molecule has 0 aliphatic carbocycles. The van der Waals surface area contributed by atoms with Crippen molar-refractivity contribution < 1.29 is 145 Å². The monoisotopic (exact) mass is 2060 g/mol. The van der Waals surface area contributed by atoms with Gasteiger partial charge in [-0.15, -0.1) is 0 Å². The molecule has 2 aromatic rings. The van der Waals surface area contributed by atoms with E-state index in [1.807, 2.05) is 36.4 Å². The van der Waals surface area contributed by atoms with E-state index in [9.17, 15) is 107 Å². The summed E-state index contributed by atoms with van der Waals surface area (Å²) in [5.41, 5.74) is 3.31. The summed E-state index contributed by atoms with van der Waals surface area (Å²) < 4.78 is 43.8. The molecule has 12 N–H and O–H groups in total. The van der Waals surface area contributed by atoms with Crippen LogP contribution in [-0.4, -0.2) is 283 Å². The second-order valence-electron chi connectivity index (χ2n) is 37.5. The molecule has 0 spiro atoms. The van der Waals surface area contributed by atoms with Crippen molar-refractivity contribution in [2.24, 2.45) is 29.6 Å². The number of Topliss-reactive ketones (excluding diaryl/α,β-unsaturated/α-hetero) is 6. The largest absolute Gasteiger partial charge is 0.481 e. The van der Waals surface area contributed by atoms with Gasteiger partial charge in [0.15, 0.2) is 5.78 Å². The van der Waals surface area contributed by atoms with Crippen LogP contribution in [0.1, 0.15) is 302 Å². The fourth-order valence-electron chi connectivity index (χ4n) is 15.6. The minimum absolute atomic E-state index is 0.00337. The molecule has 0 saturated heterocycles. The van der Waals surface area contributed by atoms with Crippen LogP contribution >= 0.6 is 0 Å². The summed E-state index contributed by atoms with van der Waals surface area (Å²) in [5.74, 6) is -11.3. The van der Waals surface area contributed by atoms with Gasteiger partial charge < -0.3 is 101 Å². The summed E-state index contributed by atoms with van der Waals surface area (Å²) in [6.07, 6.45) is 20.2. The highest BCUT2D eigenvalue weighted by atomic mass is 16.5. The van der Waals surface area contributed by atoms with E-state index in [4.69, 9.17) is 37.9 Å². The first-order valence-electron chi connectivity index (χ1n) is 52.9. The Balaban J connectivity index is 1.41. The van der Waals surface area contributed by atoms with Gasteiger partial charge in [0.1, 0.15) is 67.4 Å². The van der Waals surface area contributed by atoms with Gasteiger partial charge in [-0.1, -0.05) is 151 Å². The molecule has 0 aromatic heterocycles. The number of carboxylic acid groups (broad SMARTS) is 4. The number of nitrogens with one attached hydrogen (secondary N) is 8. The number of benzene rings is 2. The van der Waals surface area contributed by atoms with Crippen molar-refractivity contribution in [1.29, 1.82) is 0 Å². The Morgan fingerprint density at radius 2 is 0.596 bits per heavy atom. The number of carbonyl (C=O) groups is 18. The quantitative estimate of drug-likeness (QED) is 0.0216. The summed E-state index contributed by atoms with van der Waals surface area (Å²) >= 11 is 0. The zero-order valence-corrected chi connectivity index (χ0v) is 87.1. The molecular weight excluding hydrogens is 1890 g/mol. The van der Waals surface area contributed by atoms with Crippen LogP contribution in [0.4, 0.5) is 0 Å². The molecule has 0 saturated carbocycles. The number of carboxylic acids is 4. The minimum atomic E-state index is -1.26. The number of carbonyl (C=O) groups excluding carboxylic acids is 14. The molecule has 0 bridgehead atoms. The Hall–Kier alpha value is -10.5. The Kier molecular flexibility index (Phi) is 78.9. The number of hydrogen-bond acceptors (Lipinski definition) is 26. The van der Waals surface area contributed by atoms with E-state index >= 15 is 0 Å². The Morgan fingerprint density at radius 1 is 0.267 bits per heavy atom. The molecule has 0 radical (unpaired) electrons. The van der Waals surface area contributed by atoms with Gasteiger partial charge in [-0.3, -0.25) is 76.7 Å². The summed E-state index contributed by atoms with van der Waals surface area (Å²) in [6.45, 7) is 12.5. The lowest BCUT2D eigenvalue weighted by Gasteiger charge is -2.20. The average molecular weight is 2060 g/mol. The van der Waals surface area contributed by atoms with Crippen LogP contribution in [0.5, 0.6) is 0 Å². The fraction of sp³-hybridized carbons (Fsp3) is 0.704. The predicted molar refractivity (Wildman–Crippen MR) is 547 cm³/mol. The van der Waals surface area contributed by atoms with Gasteiger partial charge in [-0.05, 0) is 159 Å². The molecule has 0 unspecified atom stereocenters. The van der Waals surface area contributed by atoms with E-state index in [2.05, 4.69) is 73.4 Å². The van der Waals surface area contributed by atoms with Gasteiger partial charge in [0.2, 0.25) is 47.3 Å². The number of hydrogen-bond donors (Lipinski definition) is 12. The van der Waals surface area contributed by atoms with Crippen LogP contribution in [0.25, 0.3) is 0 Å². The molecule has 0 heterocycles. The zero-order valence-electron chi connectivity index (χ0n) is 87.1. The molecule has 0 aliphatic rings. The molecular formula is C108H172N8O30. The summed E-state index contributed by atoms with van der Waals surface area (Å²) in [4.78, 5) is 224. The van der Waals surface area contributed by atoms with Gasteiger partial charge in [0, 0.05) is 147 Å². The first-order chi connectivity index (χ1) is 70.3. The standard InChI is InChI=1S/C108H172N8O30/c1-81(2)95(121)76-87(41-26-30-58-112-102(128)78-144-71-66-140-62-32-44-92(120)77-143-69-67-141-63-59-113-99(125)54-51-94(108(137)138)116-101(127)46-24-8-6-10-28-56-110-98(124)53-49-89(106(133)134)74-91(119)43-22-14-20-39-85-36-17-12-18-37-85)96(122)75-86(83(4)117)40-25-29-57-111-103(129)79-146-72-68-142-64-60-114-104(130)80-145-70-65-139-61-31-33-82(3)47-50-93(107(135)136)115-100(126)45-23-7-5-9-27-55-109-97(123)52-48-88(105(131)132)73-90(118)42-21-13-19-38-84-34-15-11-16-35-84/h11-12,15-18,34-37,81,86-89,93-94H,3,5-10,13-14,19-33,38-80H2,1-2,4H3,(H,109,123)(H,110,124)(H,111,129)(H,112,128)(H,113,125)(H,114,130)(H,115,126)(H,116,127)(H,131,132)(H,133,134)(H,135,136)(H,137,138)/t86-,87-,88-,89-,93+,94+/m1/s1. The van der Waals surface area contributed by atoms with Crippen LogP contribution in [-0.2, 0) is 137 Å². The van der Waals surface area contributed by atoms with Gasteiger partial charge in [-0.25, -0.2) is 9.59 Å². The number of amides is 8. The van der Waals surface area contributed by atoms with E-state index in [1.54, 1.807) is 13.8 Å². The van der Waals surface area contributed by atoms with Crippen molar-refractivity contribution in [2.75, 3.05) is 145 Å². The Bertz CT molecular complexity index is 4080. The number of rotatable bonds is 101. The topological polar surface area (TPSA) is 558 Å². The normalized spacial score (nSPS) is 12.4. The van der Waals surface area contributed by atoms with E-state index in [0.29, 0.717) is 155 Å². The molecule has 38 heteroatoms. The summed E-state index contributed by atoms with van der Waals surface area (Å²) in [5, 5.41) is 60.3. The Morgan fingerprint density at radius 3 is 1.01 bits per heavy atom. The molecule has 0 fully saturated rings. The maximum Gasteiger partial charge on any atom is 0.326 e. The lowest BCUT2D eigenvalue weighted by Crippen LogP contribution is -2.41. The molecule has 8 amide bonds. The van der Waals surface area contributed by atoms with Gasteiger partial charge in [-0.2, -0.15) is 0 Å². The SMILES string of the molecule is C=C(CCCOCCOCC(=O)NCCOCCOCC(=O)NCCCC[C@H](CC(=O)[C@H](CCCCNC(=O)COCCOCCCC(=O)COCCOCCNC(=O)CC[C@H](NC(=O)CCCCCCCNC(=O)CC[C@H](CC(=O)CCCCCc1ccccc1)C(=O)O)C(=O)O)CC(=O)C(C)C)C(C)=O)CC[C@H](NC(=O)CCCCCCCNC(=O)CC[C@H](CC(=O)CCCCCc1ccccc1)C(=O)O)C(=O)O. The zero-order chi connectivity index (χ0) is 107. The maximum atomic E-state index is 13.7. The number of aryl methyl sites for hydroxylation is 2. The maximum absolute atomic E-state index is 13.7. The van der Waals surface area contributed by atoms with Crippen molar-refractivity contribution in [2.45, 2.75) is 315 Å². The molecule has 146 heavy (non-hydrogen) atoms. The minimum Gasteiger partial charge on any atom is -0.481 e. The first kappa shape index (κ1) is 132. The van der Waals surface area contributed by atoms with Crippen LogP contribution in [0.3, 0.4) is 0 Å². The van der Waals surface area contributed by atoms with Gasteiger partial charge >= 0.3 is 23.9 Å². The van der Waals surface area contributed by atoms with Crippen LogP contribution < -0.4 is 42.5 Å². The number of allylic oxidation sites excluding steroid dienone is 1. The highest BCUT2D eigenvalue weighted by Gasteiger charge is 2.30. The van der Waals surface area contributed by atoms with E-state index in [1.165, 1.54) is 18.1 Å². The highest BCUT2D eigenvalue weighted by Crippen LogP contribution is 2.26. The lowest BCUT2D eigenvalue weighted by atomic mass is 9.83. The van der Waals surface area contributed by atoms with Crippen molar-refractivity contribution in [1.82, 2.24) is 42.5 Å². The van der Waals surface area contributed by atoms with Crippen molar-refractivity contribution in [3.8, 4) is 0 Å². The summed E-state index contributed by atoms with van der Waals surface area (Å²) in [7, 11) is 0. The molecule has 824 valence electrons. The smallest absolute Gasteiger partial charge is 0.326 e. The second-order valence-corrected chi connectivity index (χ2v) is 37.5. The van der Waals surface area contributed by atoms with E-state index in [-0.39, 0.29) is 278 Å². The fourth-order valence-corrected chi connectivity index (χ4v) is 15.6. The molecule has 2 aromatic carbocycles. The third kappa shape index (κ3) is 76.1. The predicted octanol–water partition coefficient (Wildman–Crippen LogP) is 11.1. The second kappa shape index (κ2) is 87.5. The molecule has 6 atom stereocenters. The first-order valence-corrected chi connectivity index (χ1v) is 52.9. The van der Waals surface area contributed by atoms with Crippen LogP contribution in [0.15, 0.2) is 72.8 Å². The van der Waals surface area contributed by atoms with Gasteiger partial charge in [0.25, 0.3) is 0 Å². The van der Waals surface area contributed by atoms with Crippen molar-refractivity contribution in [3.05, 3.63) is 83.9 Å². The number of unbranched alkanes of at least 4 members (excludes halogenated alkanes) is 14. The van der Waals surface area contributed by atoms with Crippen LogP contribution in [0, 0.1) is 29.6 Å². The third-order valence-corrected chi connectivity index (χ3v) is 24.5. The molecule has 38 nitrogen and oxygen atoms in total. The number of ether oxygens (including phenoxy) is 8. The molecule has 0 aliphatic heterocycles. The third-order valence-electron chi connectivity index (χ3n) is 24.5. The van der Waals surface area contributed by atoms with Crippen LogP contribution in [0.2, 0.25) is 0 Å². The molecule has 2 rings (SSSR count). The summed E-state index contributed by atoms with van der Waals surface area (Å²) in [6, 6.07) is 17.9. The Labute approximate surface area is 862 Å². The van der Waals surface area contributed by atoms with E-state index in [0.717, 1.165) is 76.2 Å². The van der Waals surface area contributed by atoms with Gasteiger partial charge in [0.05, 0.1) is 77.9 Å². The highest BCUT2D eigenvalue weighted by molar-refractivity contribution is 5.92. The number of ketones is 6. The van der Waals surface area contributed by atoms with Crippen molar-refractivity contribution in [3.63, 3.8) is 0 Å². The lowest BCUT2D eigenvalue weighted by molar-refractivity contribution is -0.144. The number of aliphatic carboxylic acids is 4. The average Bonchev–Trinajstić information content (AvgIpc) is 0.883. The van der Waals surface area contributed by atoms with Crippen molar-refractivity contribution >= 4 is 106 Å². The van der Waals surface area contributed by atoms with E-state index < -0.39 is 71.4 Å².